The van der Waals surface area contributed by atoms with Gasteiger partial charge in [0, 0.05) is 17.1 Å². The van der Waals surface area contributed by atoms with Crippen LogP contribution in [0.25, 0.3) is 0 Å². The second kappa shape index (κ2) is 9.05. The van der Waals surface area contributed by atoms with Crippen LogP contribution >= 0.6 is 11.3 Å². The normalized spacial score (nSPS) is 15.8. The Balaban J connectivity index is 1.48. The zero-order valence-electron chi connectivity index (χ0n) is 15.4. The molecule has 2 aromatic rings. The van der Waals surface area contributed by atoms with Gasteiger partial charge in [-0.1, -0.05) is 6.07 Å². The van der Waals surface area contributed by atoms with Crippen molar-refractivity contribution in [2.24, 2.45) is 0 Å². The summed E-state index contributed by atoms with van der Waals surface area (Å²) in [7, 11) is 4.04. The maximum absolute atomic E-state index is 12.2. The van der Waals surface area contributed by atoms with Crippen LogP contribution in [0.2, 0.25) is 0 Å². The number of carbonyl (C=O) groups excluding carboxylic acids is 1. The molecule has 0 saturated heterocycles. The minimum atomic E-state index is -0.196. The first-order chi connectivity index (χ1) is 12.6. The van der Waals surface area contributed by atoms with E-state index in [9.17, 15) is 4.79 Å². The van der Waals surface area contributed by atoms with Gasteiger partial charge >= 0.3 is 6.03 Å². The highest BCUT2D eigenvalue weighted by Crippen LogP contribution is 2.25. The van der Waals surface area contributed by atoms with Gasteiger partial charge in [-0.15, -0.1) is 11.3 Å². The van der Waals surface area contributed by atoms with Crippen LogP contribution in [0, 0.1) is 0 Å². The number of amides is 2. The van der Waals surface area contributed by atoms with Crippen LogP contribution in [-0.2, 0) is 0 Å². The SMILES string of the molecule is CN(C)[C@H](CNC(=O)Nc1ccc(OC2CCCC2)cc1)c1cccs1. The van der Waals surface area contributed by atoms with Crippen molar-refractivity contribution in [1.82, 2.24) is 10.2 Å². The number of urea groups is 1. The molecule has 0 unspecified atom stereocenters. The van der Waals surface area contributed by atoms with Crippen LogP contribution in [0.15, 0.2) is 41.8 Å². The van der Waals surface area contributed by atoms with Gasteiger partial charge in [-0.2, -0.15) is 0 Å². The van der Waals surface area contributed by atoms with Crippen molar-refractivity contribution in [2.75, 3.05) is 26.0 Å². The molecule has 0 spiro atoms. The summed E-state index contributed by atoms with van der Waals surface area (Å²) in [5.74, 6) is 0.869. The largest absolute Gasteiger partial charge is 0.490 e. The molecule has 1 aliphatic carbocycles. The number of hydrogen-bond acceptors (Lipinski definition) is 4. The van der Waals surface area contributed by atoms with E-state index >= 15 is 0 Å². The van der Waals surface area contributed by atoms with Gasteiger partial charge < -0.3 is 20.3 Å². The molecule has 0 radical (unpaired) electrons. The van der Waals surface area contributed by atoms with Crippen LogP contribution in [-0.4, -0.2) is 37.7 Å². The average Bonchev–Trinajstić information content (AvgIpc) is 3.30. The lowest BCUT2D eigenvalue weighted by Gasteiger charge is -2.23. The number of hydrogen-bond donors (Lipinski definition) is 2. The summed E-state index contributed by atoms with van der Waals surface area (Å²) in [6, 6.07) is 11.7. The van der Waals surface area contributed by atoms with Crippen molar-refractivity contribution >= 4 is 23.1 Å². The number of carbonyl (C=O) groups is 1. The van der Waals surface area contributed by atoms with Crippen LogP contribution < -0.4 is 15.4 Å². The Kier molecular flexibility index (Phi) is 6.52. The number of nitrogens with zero attached hydrogens (tertiary/aromatic N) is 1. The molecule has 140 valence electrons. The minimum Gasteiger partial charge on any atom is -0.490 e. The number of likely N-dealkylation sites (N-methyl/N-ethyl adjacent to an activating group) is 1. The Morgan fingerprint density at radius 1 is 1.23 bits per heavy atom. The predicted molar refractivity (Wildman–Crippen MR) is 107 cm³/mol. The van der Waals surface area contributed by atoms with E-state index in [2.05, 4.69) is 27.0 Å². The van der Waals surface area contributed by atoms with Crippen LogP contribution in [0.4, 0.5) is 10.5 Å². The predicted octanol–water partition coefficient (Wildman–Crippen LogP) is 4.49. The zero-order chi connectivity index (χ0) is 18.4. The summed E-state index contributed by atoms with van der Waals surface area (Å²) in [4.78, 5) is 15.6. The van der Waals surface area contributed by atoms with Crippen LogP contribution in [0.3, 0.4) is 0 Å². The van der Waals surface area contributed by atoms with E-state index in [0.29, 0.717) is 12.6 Å². The molecule has 2 N–H and O–H groups in total. The molecule has 3 rings (SSSR count). The van der Waals surface area contributed by atoms with Crippen molar-refractivity contribution in [3.63, 3.8) is 0 Å². The Bertz CT molecular complexity index is 680. The molecule has 0 aliphatic heterocycles. The molecule has 1 aromatic carbocycles. The van der Waals surface area contributed by atoms with Gasteiger partial charge in [0.2, 0.25) is 0 Å². The number of anilines is 1. The van der Waals surface area contributed by atoms with Crippen molar-refractivity contribution in [2.45, 2.75) is 37.8 Å². The maximum Gasteiger partial charge on any atom is 0.319 e. The lowest BCUT2D eigenvalue weighted by Crippen LogP contribution is -2.36. The van der Waals surface area contributed by atoms with E-state index in [-0.39, 0.29) is 12.1 Å². The first-order valence-electron chi connectivity index (χ1n) is 9.13. The summed E-state index contributed by atoms with van der Waals surface area (Å²) in [6.45, 7) is 0.558. The van der Waals surface area contributed by atoms with Crippen LogP contribution in [0.5, 0.6) is 5.75 Å². The second-order valence-corrected chi connectivity index (χ2v) is 7.86. The van der Waals surface area contributed by atoms with Crippen molar-refractivity contribution in [3.8, 4) is 5.75 Å². The number of thiophene rings is 1. The third-order valence-electron chi connectivity index (χ3n) is 4.67. The second-order valence-electron chi connectivity index (χ2n) is 6.88. The van der Waals surface area contributed by atoms with E-state index in [1.165, 1.54) is 17.7 Å². The van der Waals surface area contributed by atoms with Gasteiger partial charge in [0.25, 0.3) is 0 Å². The molecular formula is C20H27N3O2S. The number of nitrogens with one attached hydrogen (secondary N) is 2. The van der Waals surface area contributed by atoms with Crippen molar-refractivity contribution < 1.29 is 9.53 Å². The smallest absolute Gasteiger partial charge is 0.319 e. The van der Waals surface area contributed by atoms with E-state index in [4.69, 9.17) is 4.74 Å². The highest BCUT2D eigenvalue weighted by molar-refractivity contribution is 7.10. The fourth-order valence-corrected chi connectivity index (χ4v) is 4.12. The van der Waals surface area contributed by atoms with Gasteiger partial charge in [0.1, 0.15) is 5.75 Å². The third kappa shape index (κ3) is 5.22. The number of benzene rings is 1. The molecule has 1 aromatic heterocycles. The Hall–Kier alpha value is -2.05. The molecule has 6 heteroatoms. The van der Waals surface area contributed by atoms with Gasteiger partial charge in [-0.3, -0.25) is 0 Å². The summed E-state index contributed by atoms with van der Waals surface area (Å²) in [6.07, 6.45) is 5.13. The van der Waals surface area contributed by atoms with E-state index in [0.717, 1.165) is 24.3 Å². The minimum absolute atomic E-state index is 0.169. The van der Waals surface area contributed by atoms with E-state index in [1.54, 1.807) is 11.3 Å². The number of rotatable bonds is 7. The Labute approximate surface area is 159 Å². The molecule has 1 aliphatic rings. The summed E-state index contributed by atoms with van der Waals surface area (Å²) in [5, 5.41) is 7.90. The fourth-order valence-electron chi connectivity index (χ4n) is 3.20. The highest BCUT2D eigenvalue weighted by Gasteiger charge is 2.17. The molecule has 1 saturated carbocycles. The fraction of sp³-hybridized carbons (Fsp3) is 0.450. The summed E-state index contributed by atoms with van der Waals surface area (Å²) < 4.78 is 5.95. The molecule has 1 fully saturated rings. The van der Waals surface area contributed by atoms with Crippen molar-refractivity contribution in [1.29, 1.82) is 0 Å². The topological polar surface area (TPSA) is 53.6 Å². The molecule has 2 amide bonds. The van der Waals surface area contributed by atoms with Gasteiger partial charge in [-0.05, 0) is 75.5 Å². The molecular weight excluding hydrogens is 346 g/mol. The zero-order valence-corrected chi connectivity index (χ0v) is 16.2. The van der Waals surface area contributed by atoms with E-state index < -0.39 is 0 Å². The third-order valence-corrected chi connectivity index (χ3v) is 5.64. The summed E-state index contributed by atoms with van der Waals surface area (Å²) in [5.41, 5.74) is 0.763. The standard InChI is InChI=1S/C20H27N3O2S/c1-23(2)18(19-8-5-13-26-19)14-21-20(24)22-15-9-11-17(12-10-15)25-16-6-3-4-7-16/h5,8-13,16,18H,3-4,6-7,14H2,1-2H3,(H2,21,22,24)/t18-/m1/s1. The first kappa shape index (κ1) is 18.7. The lowest BCUT2D eigenvalue weighted by molar-refractivity contribution is 0.210. The number of ether oxygens (including phenoxy) is 1. The van der Waals surface area contributed by atoms with Gasteiger partial charge in [0.05, 0.1) is 12.1 Å². The highest BCUT2D eigenvalue weighted by atomic mass is 32.1. The summed E-state index contributed by atoms with van der Waals surface area (Å²) >= 11 is 1.70. The van der Waals surface area contributed by atoms with E-state index in [1.807, 2.05) is 44.4 Å². The van der Waals surface area contributed by atoms with Crippen LogP contribution in [0.1, 0.15) is 36.6 Å². The van der Waals surface area contributed by atoms with Gasteiger partial charge in [0.15, 0.2) is 0 Å². The lowest BCUT2D eigenvalue weighted by atomic mass is 10.2. The average molecular weight is 374 g/mol. The maximum atomic E-state index is 12.2. The molecule has 26 heavy (non-hydrogen) atoms. The quantitative estimate of drug-likeness (QED) is 0.752. The Morgan fingerprint density at radius 2 is 1.96 bits per heavy atom. The first-order valence-corrected chi connectivity index (χ1v) is 10.0. The van der Waals surface area contributed by atoms with Crippen molar-refractivity contribution in [3.05, 3.63) is 46.7 Å². The molecule has 1 atom stereocenters. The molecule has 1 heterocycles. The molecule has 5 nitrogen and oxygen atoms in total. The monoisotopic (exact) mass is 373 g/mol. The Morgan fingerprint density at radius 3 is 2.58 bits per heavy atom. The molecule has 0 bridgehead atoms. The van der Waals surface area contributed by atoms with Gasteiger partial charge in [-0.25, -0.2) is 4.79 Å².